The number of aromatic amines is 1. The van der Waals surface area contributed by atoms with Gasteiger partial charge in [-0.3, -0.25) is 4.79 Å². The van der Waals surface area contributed by atoms with Crippen LogP contribution in [0.1, 0.15) is 15.9 Å². The molecule has 0 amide bonds. The van der Waals surface area contributed by atoms with Crippen molar-refractivity contribution in [1.82, 2.24) is 4.98 Å². The Labute approximate surface area is 102 Å². The number of carboxylic acids is 1. The van der Waals surface area contributed by atoms with Crippen molar-refractivity contribution in [2.24, 2.45) is 0 Å². The molecule has 1 heterocycles. The molecule has 0 bridgehead atoms. The highest BCUT2D eigenvalue weighted by molar-refractivity contribution is 5.95. The van der Waals surface area contributed by atoms with Gasteiger partial charge in [0.1, 0.15) is 11.6 Å². The van der Waals surface area contributed by atoms with E-state index in [0.717, 1.165) is 6.07 Å². The van der Waals surface area contributed by atoms with Crippen molar-refractivity contribution >= 4 is 5.97 Å². The van der Waals surface area contributed by atoms with Crippen LogP contribution in [0.15, 0.2) is 41.2 Å². The number of carboxylic acid groups (broad SMARTS) is 1. The number of pyridine rings is 1. The lowest BCUT2D eigenvalue weighted by Gasteiger charge is -2.06. The first-order valence-corrected chi connectivity index (χ1v) is 5.09. The Balaban J connectivity index is 2.76. The van der Waals surface area contributed by atoms with Gasteiger partial charge in [-0.15, -0.1) is 0 Å². The Bertz CT molecular complexity index is 696. The van der Waals surface area contributed by atoms with Crippen LogP contribution >= 0.6 is 0 Å². The number of aromatic carboxylic acids is 1. The van der Waals surface area contributed by atoms with Gasteiger partial charge in [0.2, 0.25) is 0 Å². The van der Waals surface area contributed by atoms with E-state index in [0.29, 0.717) is 5.56 Å². The normalized spacial score (nSPS) is 9.72. The van der Waals surface area contributed by atoms with Gasteiger partial charge in [0.15, 0.2) is 0 Å². The minimum Gasteiger partial charge on any atom is -0.478 e. The lowest BCUT2D eigenvalue weighted by molar-refractivity contribution is 0.0697. The van der Waals surface area contributed by atoms with Crippen molar-refractivity contribution in [2.75, 3.05) is 0 Å². The molecule has 0 saturated carbocycles. The van der Waals surface area contributed by atoms with Gasteiger partial charge in [0, 0.05) is 0 Å². The van der Waals surface area contributed by atoms with Gasteiger partial charge in [-0.25, -0.2) is 4.79 Å². The molecule has 0 unspecified atom stereocenters. The van der Waals surface area contributed by atoms with Crippen molar-refractivity contribution in [2.45, 2.75) is 0 Å². The van der Waals surface area contributed by atoms with Crippen molar-refractivity contribution in [3.05, 3.63) is 57.9 Å². The zero-order valence-corrected chi connectivity index (χ0v) is 9.18. The highest BCUT2D eigenvalue weighted by Gasteiger charge is 2.15. The molecule has 1 aromatic heterocycles. The van der Waals surface area contributed by atoms with Crippen LogP contribution in [0.5, 0.6) is 0 Å². The summed E-state index contributed by atoms with van der Waals surface area (Å²) in [6.07, 6.45) is 0. The topological polar surface area (TPSA) is 93.9 Å². The summed E-state index contributed by atoms with van der Waals surface area (Å²) in [4.78, 5) is 25.1. The van der Waals surface area contributed by atoms with Crippen molar-refractivity contribution in [3.63, 3.8) is 0 Å². The third-order valence-electron chi connectivity index (χ3n) is 2.45. The SMILES string of the molecule is N#Cc1cc(C(=O)O)c(-c2ccccc2)[nH]c1=O. The average Bonchev–Trinajstić information content (AvgIpc) is 2.39. The molecule has 0 atom stereocenters. The van der Waals surface area contributed by atoms with Crippen LogP contribution in [-0.4, -0.2) is 16.1 Å². The fourth-order valence-electron chi connectivity index (χ4n) is 1.61. The van der Waals surface area contributed by atoms with Gasteiger partial charge in [-0.05, 0) is 11.6 Å². The van der Waals surface area contributed by atoms with E-state index in [2.05, 4.69) is 4.98 Å². The molecule has 88 valence electrons. The zero-order valence-electron chi connectivity index (χ0n) is 9.18. The molecule has 5 heteroatoms. The molecule has 2 rings (SSSR count). The number of hydrogen-bond acceptors (Lipinski definition) is 3. The molecule has 18 heavy (non-hydrogen) atoms. The van der Waals surface area contributed by atoms with E-state index in [1.165, 1.54) is 0 Å². The first kappa shape index (κ1) is 11.6. The highest BCUT2D eigenvalue weighted by atomic mass is 16.4. The lowest BCUT2D eigenvalue weighted by atomic mass is 10.0. The second-order valence-corrected chi connectivity index (χ2v) is 3.58. The number of aromatic nitrogens is 1. The third-order valence-corrected chi connectivity index (χ3v) is 2.45. The summed E-state index contributed by atoms with van der Waals surface area (Å²) >= 11 is 0. The molecule has 2 aromatic rings. The van der Waals surface area contributed by atoms with Crippen LogP contribution in [-0.2, 0) is 0 Å². The summed E-state index contributed by atoms with van der Waals surface area (Å²) in [6, 6.07) is 11.4. The molecule has 0 aliphatic rings. The standard InChI is InChI=1S/C13H8N2O3/c14-7-9-6-10(13(17)18)11(15-12(9)16)8-4-2-1-3-5-8/h1-6H,(H,15,16)(H,17,18). The van der Waals surface area contributed by atoms with E-state index in [9.17, 15) is 9.59 Å². The molecule has 0 aliphatic heterocycles. The maximum Gasteiger partial charge on any atom is 0.337 e. The molecular weight excluding hydrogens is 232 g/mol. The van der Waals surface area contributed by atoms with Crippen LogP contribution in [0.4, 0.5) is 0 Å². The second-order valence-electron chi connectivity index (χ2n) is 3.58. The average molecular weight is 240 g/mol. The van der Waals surface area contributed by atoms with E-state index in [-0.39, 0.29) is 16.8 Å². The van der Waals surface area contributed by atoms with Crippen LogP contribution in [0.25, 0.3) is 11.3 Å². The summed E-state index contributed by atoms with van der Waals surface area (Å²) in [5, 5.41) is 17.8. The smallest absolute Gasteiger partial charge is 0.337 e. The number of rotatable bonds is 2. The molecule has 0 radical (unpaired) electrons. The van der Waals surface area contributed by atoms with Gasteiger partial charge in [-0.1, -0.05) is 30.3 Å². The molecule has 0 saturated heterocycles. The minimum atomic E-state index is -1.19. The lowest BCUT2D eigenvalue weighted by Crippen LogP contribution is -2.15. The van der Waals surface area contributed by atoms with Crippen LogP contribution in [0, 0.1) is 11.3 Å². The number of nitrogens with one attached hydrogen (secondary N) is 1. The Kier molecular flexibility index (Phi) is 2.94. The summed E-state index contributed by atoms with van der Waals surface area (Å²) < 4.78 is 0. The molecule has 2 N–H and O–H groups in total. The maximum atomic E-state index is 11.5. The fraction of sp³-hybridized carbons (Fsp3) is 0. The summed E-state index contributed by atoms with van der Waals surface area (Å²) in [5.41, 5.74) is -0.130. The van der Waals surface area contributed by atoms with E-state index < -0.39 is 11.5 Å². The molecule has 5 nitrogen and oxygen atoms in total. The zero-order chi connectivity index (χ0) is 13.1. The monoisotopic (exact) mass is 240 g/mol. The van der Waals surface area contributed by atoms with Crippen LogP contribution < -0.4 is 5.56 Å². The molecule has 0 fully saturated rings. The number of carbonyl (C=O) groups is 1. The predicted molar refractivity (Wildman–Crippen MR) is 64.2 cm³/mol. The first-order valence-electron chi connectivity index (χ1n) is 5.09. The number of nitriles is 1. The van der Waals surface area contributed by atoms with Crippen molar-refractivity contribution in [1.29, 1.82) is 5.26 Å². The third kappa shape index (κ3) is 1.99. The number of hydrogen-bond donors (Lipinski definition) is 2. The molecular formula is C13H8N2O3. The summed E-state index contributed by atoms with van der Waals surface area (Å²) in [6.45, 7) is 0. The molecule has 0 aliphatic carbocycles. The van der Waals surface area contributed by atoms with Gasteiger partial charge in [0.05, 0.1) is 11.3 Å². The Morgan fingerprint density at radius 2 is 1.94 bits per heavy atom. The Morgan fingerprint density at radius 1 is 1.28 bits per heavy atom. The number of benzene rings is 1. The van der Waals surface area contributed by atoms with Crippen molar-refractivity contribution in [3.8, 4) is 17.3 Å². The Morgan fingerprint density at radius 3 is 2.50 bits per heavy atom. The Hall–Kier alpha value is -2.87. The number of H-pyrrole nitrogens is 1. The van der Waals surface area contributed by atoms with E-state index >= 15 is 0 Å². The largest absolute Gasteiger partial charge is 0.478 e. The van der Waals surface area contributed by atoms with Crippen LogP contribution in [0.2, 0.25) is 0 Å². The van der Waals surface area contributed by atoms with Gasteiger partial charge < -0.3 is 10.1 Å². The van der Waals surface area contributed by atoms with Gasteiger partial charge >= 0.3 is 5.97 Å². The maximum absolute atomic E-state index is 11.5. The van der Waals surface area contributed by atoms with E-state index in [1.54, 1.807) is 36.4 Å². The van der Waals surface area contributed by atoms with Gasteiger partial charge in [-0.2, -0.15) is 5.26 Å². The summed E-state index contributed by atoms with van der Waals surface area (Å²) in [5.74, 6) is -1.19. The predicted octanol–water partition coefficient (Wildman–Crippen LogP) is 1.61. The van der Waals surface area contributed by atoms with E-state index in [4.69, 9.17) is 10.4 Å². The van der Waals surface area contributed by atoms with Crippen molar-refractivity contribution < 1.29 is 9.90 Å². The second kappa shape index (κ2) is 4.55. The first-order chi connectivity index (χ1) is 8.63. The highest BCUT2D eigenvalue weighted by Crippen LogP contribution is 2.20. The molecule has 1 aromatic carbocycles. The van der Waals surface area contributed by atoms with E-state index in [1.807, 2.05) is 0 Å². The summed E-state index contributed by atoms with van der Waals surface area (Å²) in [7, 11) is 0. The van der Waals surface area contributed by atoms with Crippen LogP contribution in [0.3, 0.4) is 0 Å². The fourth-order valence-corrected chi connectivity index (χ4v) is 1.61. The molecule has 0 spiro atoms. The van der Waals surface area contributed by atoms with Gasteiger partial charge in [0.25, 0.3) is 5.56 Å². The number of nitrogens with zero attached hydrogens (tertiary/aromatic N) is 1. The quantitative estimate of drug-likeness (QED) is 0.833. The minimum absolute atomic E-state index is 0.0997.